The molecule has 12 aromatic rings. The Bertz CT molecular complexity index is 3500. The highest BCUT2D eigenvalue weighted by Gasteiger charge is 2.17. The first-order chi connectivity index (χ1) is 28.3. The van der Waals surface area contributed by atoms with Crippen LogP contribution in [0.1, 0.15) is 0 Å². The number of aromatic nitrogens is 4. The summed E-state index contributed by atoms with van der Waals surface area (Å²) in [5, 5.41) is 7.35. The van der Waals surface area contributed by atoms with Gasteiger partial charge in [0, 0.05) is 61.8 Å². The number of rotatable bonds is 5. The minimum atomic E-state index is 1.14. The van der Waals surface area contributed by atoms with Gasteiger partial charge in [0.1, 0.15) is 0 Å². The van der Waals surface area contributed by atoms with E-state index < -0.39 is 0 Å². The SMILES string of the molecule is c1ccc(-n2c3ccccc3c3cc(-c4ccc5c(c4)c4ccccc4n5-c4ccc(-c5ccc6c(c5)c5cnccc5n6-c5ccccc5)cc4)ccc32)cc1. The van der Waals surface area contributed by atoms with Gasteiger partial charge in [-0.2, -0.15) is 0 Å². The summed E-state index contributed by atoms with van der Waals surface area (Å²) in [7, 11) is 0. The summed E-state index contributed by atoms with van der Waals surface area (Å²) in [5.41, 5.74) is 15.4. The van der Waals surface area contributed by atoms with Crippen LogP contribution in [0.5, 0.6) is 0 Å². The lowest BCUT2D eigenvalue weighted by molar-refractivity contribution is 1.17. The maximum atomic E-state index is 4.50. The number of benzene rings is 8. The summed E-state index contributed by atoms with van der Waals surface area (Å²) in [6.45, 7) is 0. The van der Waals surface area contributed by atoms with Gasteiger partial charge in [0.2, 0.25) is 0 Å². The number of pyridine rings is 1. The fraction of sp³-hybridized carbons (Fsp3) is 0. The van der Waals surface area contributed by atoms with Gasteiger partial charge in [0.15, 0.2) is 0 Å². The second-order valence-electron chi connectivity index (χ2n) is 14.8. The van der Waals surface area contributed by atoms with Gasteiger partial charge >= 0.3 is 0 Å². The third kappa shape index (κ3) is 4.84. The van der Waals surface area contributed by atoms with E-state index in [0.29, 0.717) is 0 Å². The van der Waals surface area contributed by atoms with Crippen molar-refractivity contribution in [3.05, 3.63) is 207 Å². The predicted molar refractivity (Wildman–Crippen MR) is 238 cm³/mol. The normalized spacial score (nSPS) is 11.9. The van der Waals surface area contributed by atoms with Gasteiger partial charge in [-0.3, -0.25) is 4.98 Å². The van der Waals surface area contributed by atoms with Gasteiger partial charge < -0.3 is 13.7 Å². The molecule has 0 fully saturated rings. The summed E-state index contributed by atoms with van der Waals surface area (Å²) in [5.74, 6) is 0. The molecule has 0 radical (unpaired) electrons. The summed E-state index contributed by atoms with van der Waals surface area (Å²) < 4.78 is 7.10. The number of nitrogens with zero attached hydrogens (tertiary/aromatic N) is 4. The van der Waals surface area contributed by atoms with Crippen molar-refractivity contribution in [3.63, 3.8) is 0 Å². The van der Waals surface area contributed by atoms with E-state index in [-0.39, 0.29) is 0 Å². The molecule has 0 aliphatic heterocycles. The molecule has 0 unspecified atom stereocenters. The molecule has 0 bridgehead atoms. The lowest BCUT2D eigenvalue weighted by Gasteiger charge is -2.11. The second-order valence-corrected chi connectivity index (χ2v) is 14.8. The van der Waals surface area contributed by atoms with Crippen molar-refractivity contribution in [1.82, 2.24) is 18.7 Å². The average Bonchev–Trinajstić information content (AvgIpc) is 3.92. The molecule has 0 saturated carbocycles. The van der Waals surface area contributed by atoms with Gasteiger partial charge in [0.25, 0.3) is 0 Å². The zero-order valence-corrected chi connectivity index (χ0v) is 30.9. The van der Waals surface area contributed by atoms with Crippen LogP contribution in [-0.2, 0) is 0 Å². The van der Waals surface area contributed by atoms with Crippen LogP contribution in [-0.4, -0.2) is 18.7 Å². The first-order valence-corrected chi connectivity index (χ1v) is 19.5. The standard InChI is InChI=1S/C53H34N4/c1-3-11-39(12-4-1)55-48-17-9-7-15-42(48)44-32-37(22-27-50(44)55)38-23-28-51-45(33-38)43-16-8-10-18-49(43)57(51)41-24-19-35(20-25-41)36-21-26-52-46(31-36)47-34-54-30-29-53(47)56(52)40-13-5-2-6-14-40/h1-34H. The number of para-hydroxylation sites is 4. The molecule has 0 amide bonds. The molecule has 0 spiro atoms. The Balaban J connectivity index is 0.949. The summed E-state index contributed by atoms with van der Waals surface area (Å²) in [4.78, 5) is 4.50. The fourth-order valence-electron chi connectivity index (χ4n) is 9.14. The van der Waals surface area contributed by atoms with Gasteiger partial charge in [-0.25, -0.2) is 0 Å². The molecule has 57 heavy (non-hydrogen) atoms. The summed E-state index contributed by atoms with van der Waals surface area (Å²) >= 11 is 0. The highest BCUT2D eigenvalue weighted by molar-refractivity contribution is 6.13. The number of hydrogen-bond donors (Lipinski definition) is 0. The van der Waals surface area contributed by atoms with E-state index in [2.05, 4.69) is 213 Å². The summed E-state index contributed by atoms with van der Waals surface area (Å²) in [6, 6.07) is 70.5. The maximum Gasteiger partial charge on any atom is 0.0571 e. The molecule has 4 heterocycles. The number of hydrogen-bond acceptors (Lipinski definition) is 1. The molecule has 0 aliphatic rings. The maximum absolute atomic E-state index is 4.50. The molecule has 0 saturated heterocycles. The Kier molecular flexibility index (Phi) is 6.89. The molecular formula is C53H34N4. The van der Waals surface area contributed by atoms with Gasteiger partial charge in [-0.05, 0) is 113 Å². The minimum absolute atomic E-state index is 1.14. The lowest BCUT2D eigenvalue weighted by Crippen LogP contribution is -1.94. The van der Waals surface area contributed by atoms with Crippen LogP contribution in [0.4, 0.5) is 0 Å². The Labute approximate surface area is 328 Å². The van der Waals surface area contributed by atoms with Crippen molar-refractivity contribution in [2.75, 3.05) is 0 Å². The molecular weight excluding hydrogens is 693 g/mol. The molecule has 12 rings (SSSR count). The Morgan fingerprint density at radius 1 is 0.263 bits per heavy atom. The van der Waals surface area contributed by atoms with Gasteiger partial charge in [0.05, 0.1) is 33.1 Å². The van der Waals surface area contributed by atoms with Crippen LogP contribution in [0.3, 0.4) is 0 Å². The van der Waals surface area contributed by atoms with Gasteiger partial charge in [-0.15, -0.1) is 0 Å². The highest BCUT2D eigenvalue weighted by Crippen LogP contribution is 2.39. The highest BCUT2D eigenvalue weighted by atomic mass is 15.0. The van der Waals surface area contributed by atoms with Crippen molar-refractivity contribution < 1.29 is 0 Å². The monoisotopic (exact) mass is 726 g/mol. The fourth-order valence-corrected chi connectivity index (χ4v) is 9.14. The molecule has 0 atom stereocenters. The van der Waals surface area contributed by atoms with Crippen molar-refractivity contribution in [2.24, 2.45) is 0 Å². The lowest BCUT2D eigenvalue weighted by atomic mass is 10.0. The molecule has 266 valence electrons. The van der Waals surface area contributed by atoms with Crippen LogP contribution in [0, 0.1) is 0 Å². The third-order valence-corrected chi connectivity index (χ3v) is 11.7. The molecule has 8 aromatic carbocycles. The molecule has 0 N–H and O–H groups in total. The van der Waals surface area contributed by atoms with Crippen molar-refractivity contribution in [2.45, 2.75) is 0 Å². The van der Waals surface area contributed by atoms with Crippen LogP contribution >= 0.6 is 0 Å². The van der Waals surface area contributed by atoms with Crippen molar-refractivity contribution >= 4 is 65.4 Å². The van der Waals surface area contributed by atoms with E-state index in [0.717, 1.165) is 22.3 Å². The summed E-state index contributed by atoms with van der Waals surface area (Å²) in [6.07, 6.45) is 3.86. The minimum Gasteiger partial charge on any atom is -0.309 e. The Hall–Kier alpha value is -7.69. The third-order valence-electron chi connectivity index (χ3n) is 11.7. The van der Waals surface area contributed by atoms with Gasteiger partial charge in [-0.1, -0.05) is 103 Å². The number of fused-ring (bicyclic) bond motifs is 9. The zero-order valence-electron chi connectivity index (χ0n) is 30.9. The molecule has 4 heteroatoms. The first kappa shape index (κ1) is 31.6. The van der Waals surface area contributed by atoms with Crippen molar-refractivity contribution in [1.29, 1.82) is 0 Å². The van der Waals surface area contributed by atoms with Crippen LogP contribution in [0.2, 0.25) is 0 Å². The van der Waals surface area contributed by atoms with E-state index in [1.165, 1.54) is 82.5 Å². The largest absolute Gasteiger partial charge is 0.309 e. The van der Waals surface area contributed by atoms with E-state index in [1.54, 1.807) is 0 Å². The van der Waals surface area contributed by atoms with E-state index in [1.807, 2.05) is 12.4 Å². The molecule has 4 aromatic heterocycles. The topological polar surface area (TPSA) is 27.7 Å². The zero-order chi connectivity index (χ0) is 37.5. The molecule has 0 aliphatic carbocycles. The second kappa shape index (κ2) is 12.4. The quantitative estimate of drug-likeness (QED) is 0.174. The van der Waals surface area contributed by atoms with E-state index in [9.17, 15) is 0 Å². The smallest absolute Gasteiger partial charge is 0.0571 e. The van der Waals surface area contributed by atoms with E-state index >= 15 is 0 Å². The molecule has 4 nitrogen and oxygen atoms in total. The van der Waals surface area contributed by atoms with E-state index in [4.69, 9.17) is 0 Å². The van der Waals surface area contributed by atoms with Crippen LogP contribution in [0.25, 0.3) is 105 Å². The Morgan fingerprint density at radius 2 is 0.632 bits per heavy atom. The Morgan fingerprint density at radius 3 is 1.14 bits per heavy atom. The first-order valence-electron chi connectivity index (χ1n) is 19.5. The predicted octanol–water partition coefficient (Wildman–Crippen LogP) is 13.7. The average molecular weight is 727 g/mol. The van der Waals surface area contributed by atoms with Crippen LogP contribution in [0.15, 0.2) is 207 Å². The van der Waals surface area contributed by atoms with Crippen molar-refractivity contribution in [3.8, 4) is 39.3 Å². The van der Waals surface area contributed by atoms with Crippen LogP contribution < -0.4 is 0 Å².